The van der Waals surface area contributed by atoms with Crippen LogP contribution in [-0.4, -0.2) is 29.6 Å². The van der Waals surface area contributed by atoms with E-state index in [0.717, 1.165) is 6.20 Å². The summed E-state index contributed by atoms with van der Waals surface area (Å²) < 4.78 is 40.7. The Balaban J connectivity index is 1.99. The second-order valence-electron chi connectivity index (χ2n) is 5.23. The Morgan fingerprint density at radius 3 is 2.38 bits per heavy atom. The summed E-state index contributed by atoms with van der Waals surface area (Å²) in [5.41, 5.74) is 1.12. The summed E-state index contributed by atoms with van der Waals surface area (Å²) in [4.78, 5) is 27.2. The molecule has 0 bridgehead atoms. The fourth-order valence-electron chi connectivity index (χ4n) is 1.88. The number of ether oxygens (including phenoxy) is 1. The van der Waals surface area contributed by atoms with Crippen LogP contribution in [0.2, 0.25) is 0 Å². The number of aromatic nitrogens is 1. The Morgan fingerprint density at radius 1 is 1.12 bits per heavy atom. The summed E-state index contributed by atoms with van der Waals surface area (Å²) >= 11 is 0. The van der Waals surface area contributed by atoms with Crippen molar-refractivity contribution in [2.24, 2.45) is 0 Å². The zero-order valence-electron chi connectivity index (χ0n) is 13.8. The van der Waals surface area contributed by atoms with Gasteiger partial charge < -0.3 is 15.4 Å². The molecule has 2 aromatic rings. The van der Waals surface area contributed by atoms with Crippen molar-refractivity contribution in [3.8, 4) is 5.88 Å². The third kappa shape index (κ3) is 6.08. The molecule has 0 saturated heterocycles. The molecule has 0 fully saturated rings. The van der Waals surface area contributed by atoms with Crippen LogP contribution in [0.15, 0.2) is 42.6 Å². The molecule has 0 atom stereocenters. The highest BCUT2D eigenvalue weighted by atomic mass is 19.4. The Morgan fingerprint density at radius 2 is 1.81 bits per heavy atom. The van der Waals surface area contributed by atoms with E-state index >= 15 is 0 Å². The van der Waals surface area contributed by atoms with Crippen molar-refractivity contribution in [2.75, 3.05) is 17.2 Å². The number of halogens is 3. The van der Waals surface area contributed by atoms with Gasteiger partial charge in [-0.25, -0.2) is 4.98 Å². The molecule has 0 aliphatic rings. The molecule has 2 amide bonds. The van der Waals surface area contributed by atoms with E-state index in [1.54, 1.807) is 31.2 Å². The number of nitrogens with zero attached hydrogens (tertiary/aromatic N) is 1. The van der Waals surface area contributed by atoms with Crippen molar-refractivity contribution >= 4 is 23.2 Å². The lowest BCUT2D eigenvalue weighted by Crippen LogP contribution is -2.19. The normalized spacial score (nSPS) is 10.9. The molecular weight excluding hydrogens is 351 g/mol. The third-order valence-electron chi connectivity index (χ3n) is 3.11. The predicted octanol–water partition coefficient (Wildman–Crippen LogP) is 3.62. The molecule has 1 heterocycles. The molecule has 0 unspecified atom stereocenters. The second kappa shape index (κ2) is 8.32. The number of carbonyl (C=O) groups is 2. The maximum Gasteiger partial charge on any atom is 0.422 e. The molecule has 0 spiro atoms. The molecule has 2 rings (SSSR count). The standard InChI is InChI=1S/C17H16F3N3O3/c1-2-14(24)22-12-4-3-5-13(8-12)23-16(25)11-6-7-15(21-9-11)26-10-17(18,19)20/h3-9H,2,10H2,1H3,(H,22,24)(H,23,25). The Kier molecular flexibility index (Phi) is 6.16. The molecule has 0 radical (unpaired) electrons. The van der Waals surface area contributed by atoms with Crippen LogP contribution in [0.3, 0.4) is 0 Å². The van der Waals surface area contributed by atoms with Gasteiger partial charge in [0.25, 0.3) is 5.91 Å². The average molecular weight is 367 g/mol. The van der Waals surface area contributed by atoms with E-state index in [1.165, 1.54) is 12.1 Å². The number of nitrogens with one attached hydrogen (secondary N) is 2. The number of carbonyl (C=O) groups excluding carboxylic acids is 2. The topological polar surface area (TPSA) is 80.3 Å². The summed E-state index contributed by atoms with van der Waals surface area (Å²) in [5, 5.41) is 5.28. The molecule has 138 valence electrons. The minimum Gasteiger partial charge on any atom is -0.468 e. The number of anilines is 2. The fraction of sp³-hybridized carbons (Fsp3) is 0.235. The third-order valence-corrected chi connectivity index (χ3v) is 3.11. The molecule has 9 heteroatoms. The van der Waals surface area contributed by atoms with E-state index in [9.17, 15) is 22.8 Å². The molecule has 0 saturated carbocycles. The quantitative estimate of drug-likeness (QED) is 0.817. The summed E-state index contributed by atoms with van der Waals surface area (Å²) in [5.74, 6) is -0.894. The zero-order chi connectivity index (χ0) is 19.2. The molecule has 0 aliphatic carbocycles. The van der Waals surface area contributed by atoms with Crippen LogP contribution in [0, 0.1) is 0 Å². The highest BCUT2D eigenvalue weighted by Crippen LogP contribution is 2.18. The Labute approximate surface area is 147 Å². The predicted molar refractivity (Wildman–Crippen MR) is 89.1 cm³/mol. The van der Waals surface area contributed by atoms with E-state index in [0.29, 0.717) is 17.8 Å². The van der Waals surface area contributed by atoms with Crippen LogP contribution < -0.4 is 15.4 Å². The molecule has 1 aromatic carbocycles. The minimum absolute atomic E-state index is 0.146. The summed E-state index contributed by atoms with van der Waals surface area (Å²) in [6.45, 7) is 0.262. The van der Waals surface area contributed by atoms with Crippen LogP contribution in [-0.2, 0) is 4.79 Å². The molecule has 1 aromatic heterocycles. The summed E-state index contributed by atoms with van der Waals surface area (Å²) in [6.07, 6.45) is -3.02. The van der Waals surface area contributed by atoms with Gasteiger partial charge in [0.05, 0.1) is 5.56 Å². The van der Waals surface area contributed by atoms with Crippen LogP contribution in [0.1, 0.15) is 23.7 Å². The fourth-order valence-corrected chi connectivity index (χ4v) is 1.88. The SMILES string of the molecule is CCC(=O)Nc1cccc(NC(=O)c2ccc(OCC(F)(F)F)nc2)c1. The maximum absolute atomic E-state index is 12.2. The molecule has 0 aliphatic heterocycles. The van der Waals surface area contributed by atoms with Crippen molar-refractivity contribution < 1.29 is 27.5 Å². The van der Waals surface area contributed by atoms with Gasteiger partial charge in [-0.3, -0.25) is 9.59 Å². The van der Waals surface area contributed by atoms with Crippen LogP contribution >= 0.6 is 0 Å². The van der Waals surface area contributed by atoms with Gasteiger partial charge >= 0.3 is 6.18 Å². The van der Waals surface area contributed by atoms with Crippen LogP contribution in [0.4, 0.5) is 24.5 Å². The summed E-state index contributed by atoms with van der Waals surface area (Å²) in [6, 6.07) is 9.04. The largest absolute Gasteiger partial charge is 0.468 e. The first kappa shape index (κ1) is 19.2. The zero-order valence-corrected chi connectivity index (χ0v) is 13.8. The smallest absolute Gasteiger partial charge is 0.422 e. The second-order valence-corrected chi connectivity index (χ2v) is 5.23. The van der Waals surface area contributed by atoms with E-state index in [1.807, 2.05) is 0 Å². The van der Waals surface area contributed by atoms with Crippen molar-refractivity contribution in [1.82, 2.24) is 4.98 Å². The van der Waals surface area contributed by atoms with Crippen molar-refractivity contribution in [1.29, 1.82) is 0 Å². The number of hydrogen-bond donors (Lipinski definition) is 2. The Bertz CT molecular complexity index is 777. The number of pyridine rings is 1. The van der Waals surface area contributed by atoms with Crippen molar-refractivity contribution in [2.45, 2.75) is 19.5 Å². The van der Waals surface area contributed by atoms with Crippen molar-refractivity contribution in [3.63, 3.8) is 0 Å². The van der Waals surface area contributed by atoms with Gasteiger partial charge in [0, 0.05) is 30.1 Å². The van der Waals surface area contributed by atoms with Crippen LogP contribution in [0.5, 0.6) is 5.88 Å². The molecular formula is C17H16F3N3O3. The van der Waals surface area contributed by atoms with E-state index in [-0.39, 0.29) is 17.4 Å². The lowest BCUT2D eigenvalue weighted by atomic mass is 10.2. The van der Waals surface area contributed by atoms with Gasteiger partial charge in [0.15, 0.2) is 6.61 Å². The number of rotatable bonds is 6. The first-order chi connectivity index (χ1) is 12.3. The lowest BCUT2D eigenvalue weighted by Gasteiger charge is -2.10. The maximum atomic E-state index is 12.2. The summed E-state index contributed by atoms with van der Waals surface area (Å²) in [7, 11) is 0. The van der Waals surface area contributed by atoms with Gasteiger partial charge in [-0.1, -0.05) is 13.0 Å². The van der Waals surface area contributed by atoms with E-state index < -0.39 is 18.7 Å². The van der Waals surface area contributed by atoms with Crippen LogP contribution in [0.25, 0.3) is 0 Å². The lowest BCUT2D eigenvalue weighted by molar-refractivity contribution is -0.154. The van der Waals surface area contributed by atoms with E-state index in [4.69, 9.17) is 0 Å². The molecule has 6 nitrogen and oxygen atoms in total. The number of alkyl halides is 3. The van der Waals surface area contributed by atoms with Gasteiger partial charge in [0.1, 0.15) is 0 Å². The molecule has 26 heavy (non-hydrogen) atoms. The number of amides is 2. The first-order valence-electron chi connectivity index (χ1n) is 7.63. The minimum atomic E-state index is -4.46. The number of benzene rings is 1. The highest BCUT2D eigenvalue weighted by molar-refractivity contribution is 6.04. The van der Waals surface area contributed by atoms with Gasteiger partial charge in [-0.15, -0.1) is 0 Å². The average Bonchev–Trinajstić information content (AvgIpc) is 2.60. The number of hydrogen-bond acceptors (Lipinski definition) is 4. The Hall–Kier alpha value is -3.10. The van der Waals surface area contributed by atoms with Gasteiger partial charge in [-0.05, 0) is 24.3 Å². The first-order valence-corrected chi connectivity index (χ1v) is 7.63. The van der Waals surface area contributed by atoms with E-state index in [2.05, 4.69) is 20.4 Å². The van der Waals surface area contributed by atoms with Gasteiger partial charge in [0.2, 0.25) is 11.8 Å². The highest BCUT2D eigenvalue weighted by Gasteiger charge is 2.28. The monoisotopic (exact) mass is 367 g/mol. The molecule has 2 N–H and O–H groups in total. The van der Waals surface area contributed by atoms with Gasteiger partial charge in [-0.2, -0.15) is 13.2 Å². The van der Waals surface area contributed by atoms with Crippen molar-refractivity contribution in [3.05, 3.63) is 48.2 Å².